The minimum Gasteiger partial charge on any atom is -0.497 e. The lowest BCUT2D eigenvalue weighted by Gasteiger charge is -2.14. The summed E-state index contributed by atoms with van der Waals surface area (Å²) >= 11 is 2.77. The van der Waals surface area contributed by atoms with Crippen LogP contribution in [0.3, 0.4) is 0 Å². The fourth-order valence-electron chi connectivity index (χ4n) is 4.60. The summed E-state index contributed by atoms with van der Waals surface area (Å²) in [4.78, 5) is 40.0. The number of rotatable bonds is 13. The van der Waals surface area contributed by atoms with Gasteiger partial charge in [0.2, 0.25) is 5.91 Å². The third kappa shape index (κ3) is 7.48. The predicted octanol–water partition coefficient (Wildman–Crippen LogP) is 5.25. The van der Waals surface area contributed by atoms with Gasteiger partial charge in [0.15, 0.2) is 11.0 Å². The van der Waals surface area contributed by atoms with E-state index < -0.39 is 5.25 Å². The lowest BCUT2D eigenvalue weighted by molar-refractivity contribution is -0.115. The number of hydrogen-bond acceptors (Lipinski definition) is 9. The van der Waals surface area contributed by atoms with Gasteiger partial charge in [-0.05, 0) is 69.7 Å². The number of anilines is 1. The summed E-state index contributed by atoms with van der Waals surface area (Å²) in [6, 6.07) is 6.94. The largest absolute Gasteiger partial charge is 0.497 e. The maximum atomic E-state index is 13.3. The van der Waals surface area contributed by atoms with Crippen LogP contribution in [0.4, 0.5) is 5.00 Å². The van der Waals surface area contributed by atoms with E-state index in [0.717, 1.165) is 49.0 Å². The van der Waals surface area contributed by atoms with Crippen molar-refractivity contribution in [3.8, 4) is 5.75 Å². The third-order valence-corrected chi connectivity index (χ3v) is 9.09. The highest BCUT2D eigenvalue weighted by atomic mass is 32.2. The van der Waals surface area contributed by atoms with Crippen LogP contribution in [0.25, 0.3) is 0 Å². The number of benzene rings is 1. The number of hydrogen-bond donors (Lipinski definition) is 2. The van der Waals surface area contributed by atoms with Crippen LogP contribution in [0, 0.1) is 0 Å². The highest BCUT2D eigenvalue weighted by molar-refractivity contribution is 8.00. The number of nitrogens with zero attached hydrogens (tertiary/aromatic N) is 3. The van der Waals surface area contributed by atoms with Crippen molar-refractivity contribution in [1.29, 1.82) is 0 Å². The Morgan fingerprint density at radius 2 is 1.98 bits per heavy atom. The van der Waals surface area contributed by atoms with Crippen molar-refractivity contribution < 1.29 is 23.9 Å². The molecule has 220 valence electrons. The number of fused-ring (bicyclic) bond motifs is 1. The number of carbonyl (C=O) groups excluding carboxylic acids is 3. The Morgan fingerprint density at radius 1 is 1.17 bits per heavy atom. The van der Waals surface area contributed by atoms with Gasteiger partial charge in [0.1, 0.15) is 10.8 Å². The lowest BCUT2D eigenvalue weighted by atomic mass is 9.95. The first-order valence-corrected chi connectivity index (χ1v) is 15.7. The van der Waals surface area contributed by atoms with Gasteiger partial charge < -0.3 is 24.7 Å². The fraction of sp³-hybridized carbons (Fsp3) is 0.483. The Kier molecular flexibility index (Phi) is 10.8. The number of aryl methyl sites for hydroxylation is 1. The molecular weight excluding hydrogens is 562 g/mol. The van der Waals surface area contributed by atoms with Crippen molar-refractivity contribution in [3.63, 3.8) is 0 Å². The summed E-state index contributed by atoms with van der Waals surface area (Å²) in [6.07, 6.45) is 5.68. The fourth-order valence-corrected chi connectivity index (χ4v) is 6.78. The van der Waals surface area contributed by atoms with Crippen molar-refractivity contribution in [1.82, 2.24) is 20.1 Å². The number of thioether (sulfide) groups is 1. The summed E-state index contributed by atoms with van der Waals surface area (Å²) in [6.45, 7) is 6.81. The number of nitrogens with one attached hydrogen (secondary N) is 2. The summed E-state index contributed by atoms with van der Waals surface area (Å²) < 4.78 is 12.5. The molecule has 0 aliphatic heterocycles. The van der Waals surface area contributed by atoms with E-state index in [4.69, 9.17) is 9.47 Å². The van der Waals surface area contributed by atoms with E-state index in [0.29, 0.717) is 39.4 Å². The number of thiophene rings is 1. The van der Waals surface area contributed by atoms with Crippen molar-refractivity contribution in [2.75, 3.05) is 19.0 Å². The molecule has 2 amide bonds. The van der Waals surface area contributed by atoms with Crippen LogP contribution in [0.1, 0.15) is 83.4 Å². The predicted molar refractivity (Wildman–Crippen MR) is 160 cm³/mol. The van der Waals surface area contributed by atoms with E-state index in [1.54, 1.807) is 45.2 Å². The van der Waals surface area contributed by atoms with Gasteiger partial charge in [-0.3, -0.25) is 9.59 Å². The van der Waals surface area contributed by atoms with Crippen LogP contribution in [0.15, 0.2) is 29.4 Å². The van der Waals surface area contributed by atoms with E-state index in [9.17, 15) is 14.4 Å². The second-order valence-corrected chi connectivity index (χ2v) is 12.1. The second kappa shape index (κ2) is 14.5. The van der Waals surface area contributed by atoms with E-state index in [1.165, 1.54) is 23.1 Å². The molecule has 3 aromatic rings. The molecule has 0 spiro atoms. The highest BCUT2D eigenvalue weighted by Gasteiger charge is 2.29. The zero-order valence-corrected chi connectivity index (χ0v) is 25.6. The van der Waals surface area contributed by atoms with Crippen LogP contribution in [0.5, 0.6) is 5.75 Å². The lowest BCUT2D eigenvalue weighted by Crippen LogP contribution is -2.25. The zero-order chi connectivity index (χ0) is 29.4. The molecule has 2 heterocycles. The maximum Gasteiger partial charge on any atom is 0.341 e. The number of unbranched alkanes of at least 4 members (excludes halogenated alkanes) is 1. The standard InChI is InChI=1S/C29H37N5O5S2/c1-5-7-15-34-23(17-30-26(36)19-11-10-12-20(16-19)38-4)32-33-29(34)40-18(3)25(35)31-27-24(28(37)39-6-2)21-13-8-9-14-22(21)41-27/h10-12,16,18H,5-9,13-15,17H2,1-4H3,(H,30,36)(H,31,35)/t18-/m1/s1. The molecule has 12 heteroatoms. The van der Waals surface area contributed by atoms with Crippen LogP contribution >= 0.6 is 23.1 Å². The van der Waals surface area contributed by atoms with E-state index in [-0.39, 0.29) is 30.9 Å². The molecule has 0 saturated carbocycles. The van der Waals surface area contributed by atoms with Crippen LogP contribution in [-0.4, -0.2) is 51.5 Å². The van der Waals surface area contributed by atoms with Gasteiger partial charge in [0.05, 0.1) is 31.1 Å². The average Bonchev–Trinajstić information content (AvgIpc) is 3.54. The van der Waals surface area contributed by atoms with Crippen molar-refractivity contribution in [2.24, 2.45) is 0 Å². The Labute approximate surface area is 248 Å². The molecule has 0 bridgehead atoms. The van der Waals surface area contributed by atoms with Gasteiger partial charge in [0, 0.05) is 17.0 Å². The number of esters is 1. The molecule has 1 aliphatic carbocycles. The number of aromatic nitrogens is 3. The molecule has 0 radical (unpaired) electrons. The number of amides is 2. The molecule has 2 aromatic heterocycles. The molecule has 2 N–H and O–H groups in total. The summed E-state index contributed by atoms with van der Waals surface area (Å²) in [5, 5.41) is 15.2. The van der Waals surface area contributed by atoms with E-state index in [1.807, 2.05) is 4.57 Å². The average molecular weight is 600 g/mol. The number of methoxy groups -OCH3 is 1. The monoisotopic (exact) mass is 599 g/mol. The summed E-state index contributed by atoms with van der Waals surface area (Å²) in [7, 11) is 1.56. The second-order valence-electron chi connectivity index (χ2n) is 9.70. The molecule has 0 saturated heterocycles. The molecule has 1 aromatic carbocycles. The summed E-state index contributed by atoms with van der Waals surface area (Å²) in [5.41, 5.74) is 1.99. The number of ether oxygens (including phenoxy) is 2. The summed E-state index contributed by atoms with van der Waals surface area (Å²) in [5.74, 6) is 0.360. The molecule has 41 heavy (non-hydrogen) atoms. The first kappa shape index (κ1) is 30.6. The molecule has 10 nitrogen and oxygen atoms in total. The SMILES string of the molecule is CCCCn1c(CNC(=O)c2cccc(OC)c2)nnc1S[C@H](C)C(=O)Nc1sc2c(c1C(=O)OCC)CCCC2. The normalized spacial score (nSPS) is 13.3. The quantitative estimate of drug-likeness (QED) is 0.202. The Hall–Kier alpha value is -3.38. The van der Waals surface area contributed by atoms with Crippen molar-refractivity contribution >= 4 is 45.9 Å². The van der Waals surface area contributed by atoms with E-state index >= 15 is 0 Å². The Balaban J connectivity index is 1.46. The third-order valence-electron chi connectivity index (χ3n) is 6.81. The van der Waals surface area contributed by atoms with Gasteiger partial charge in [-0.15, -0.1) is 21.5 Å². The smallest absolute Gasteiger partial charge is 0.341 e. The number of carbonyl (C=O) groups is 3. The van der Waals surface area contributed by atoms with Crippen LogP contribution < -0.4 is 15.4 Å². The Bertz CT molecular complexity index is 1390. The van der Waals surface area contributed by atoms with Crippen molar-refractivity contribution in [2.45, 2.75) is 82.8 Å². The zero-order valence-electron chi connectivity index (χ0n) is 24.0. The van der Waals surface area contributed by atoms with Gasteiger partial charge in [0.25, 0.3) is 5.91 Å². The van der Waals surface area contributed by atoms with Crippen LogP contribution in [-0.2, 0) is 35.5 Å². The minimum atomic E-state index is -0.507. The highest BCUT2D eigenvalue weighted by Crippen LogP contribution is 2.39. The van der Waals surface area contributed by atoms with Gasteiger partial charge >= 0.3 is 5.97 Å². The molecule has 0 unspecified atom stereocenters. The Morgan fingerprint density at radius 3 is 2.73 bits per heavy atom. The van der Waals surface area contributed by atoms with Crippen LogP contribution in [0.2, 0.25) is 0 Å². The topological polar surface area (TPSA) is 124 Å². The van der Waals surface area contributed by atoms with E-state index in [2.05, 4.69) is 27.8 Å². The first-order valence-electron chi connectivity index (χ1n) is 14.0. The van der Waals surface area contributed by atoms with Gasteiger partial charge in [-0.25, -0.2) is 4.79 Å². The maximum absolute atomic E-state index is 13.3. The van der Waals surface area contributed by atoms with Gasteiger partial charge in [-0.2, -0.15) is 0 Å². The van der Waals surface area contributed by atoms with Gasteiger partial charge in [-0.1, -0.05) is 31.2 Å². The molecule has 0 fully saturated rings. The molecular formula is C29H37N5O5S2. The molecule has 4 rings (SSSR count). The molecule has 1 atom stereocenters. The molecule has 1 aliphatic rings. The van der Waals surface area contributed by atoms with Crippen molar-refractivity contribution in [3.05, 3.63) is 51.7 Å². The minimum absolute atomic E-state index is 0.192. The first-order chi connectivity index (χ1) is 19.9.